The number of rotatable bonds is 14. The van der Waals surface area contributed by atoms with E-state index in [1.807, 2.05) is 38.1 Å². The Balaban J connectivity index is 1.63. The van der Waals surface area contributed by atoms with Crippen LogP contribution in [0.25, 0.3) is 0 Å². The lowest BCUT2D eigenvalue weighted by atomic mass is 10.0. The van der Waals surface area contributed by atoms with Crippen molar-refractivity contribution in [1.29, 1.82) is 0 Å². The molecule has 214 valence electrons. The molecule has 0 unspecified atom stereocenters. The molecule has 0 aliphatic carbocycles. The van der Waals surface area contributed by atoms with Crippen LogP contribution >= 0.6 is 0 Å². The Morgan fingerprint density at radius 1 is 1.00 bits per heavy atom. The summed E-state index contributed by atoms with van der Waals surface area (Å²) >= 11 is 0. The zero-order valence-electron chi connectivity index (χ0n) is 23.5. The first kappa shape index (κ1) is 30.0. The first-order valence-corrected chi connectivity index (χ1v) is 13.3. The molecule has 0 bridgehead atoms. The molecule has 39 heavy (non-hydrogen) atoms. The second-order valence-electron chi connectivity index (χ2n) is 9.64. The summed E-state index contributed by atoms with van der Waals surface area (Å²) in [4.78, 5) is 28.0. The minimum atomic E-state index is -0.507. The average Bonchev–Trinajstić information content (AvgIpc) is 3.38. The molecule has 1 aliphatic rings. The molecule has 1 heterocycles. The van der Waals surface area contributed by atoms with Crippen molar-refractivity contribution in [3.63, 3.8) is 0 Å². The topological polar surface area (TPSA) is 108 Å². The lowest BCUT2D eigenvalue weighted by Crippen LogP contribution is -2.44. The Kier molecular flexibility index (Phi) is 11.7. The van der Waals surface area contributed by atoms with Gasteiger partial charge in [0.15, 0.2) is 11.5 Å². The van der Waals surface area contributed by atoms with Crippen LogP contribution in [0.5, 0.6) is 17.2 Å². The van der Waals surface area contributed by atoms with Gasteiger partial charge in [-0.05, 0) is 38.1 Å². The number of alkyl carbamates (subject to hydrolysis) is 1. The molecule has 10 heteroatoms. The number of amides is 2. The van der Waals surface area contributed by atoms with Crippen molar-refractivity contribution in [2.45, 2.75) is 39.0 Å². The Hall–Kier alpha value is -3.50. The van der Waals surface area contributed by atoms with E-state index in [9.17, 15) is 9.59 Å². The summed E-state index contributed by atoms with van der Waals surface area (Å²) in [6, 6.07) is 12.6. The summed E-state index contributed by atoms with van der Waals surface area (Å²) < 4.78 is 27.5. The molecule has 3 rings (SSSR count). The summed E-state index contributed by atoms with van der Waals surface area (Å²) in [5.41, 5.74) is 1.36. The van der Waals surface area contributed by atoms with Gasteiger partial charge in [-0.25, -0.2) is 4.79 Å². The molecule has 2 atom stereocenters. The zero-order chi connectivity index (χ0) is 28.2. The van der Waals surface area contributed by atoms with Gasteiger partial charge in [-0.15, -0.1) is 0 Å². The highest BCUT2D eigenvalue weighted by molar-refractivity contribution is 5.95. The first-order chi connectivity index (χ1) is 18.9. The number of benzene rings is 2. The van der Waals surface area contributed by atoms with Crippen molar-refractivity contribution in [3.8, 4) is 17.2 Å². The van der Waals surface area contributed by atoms with Crippen molar-refractivity contribution in [2.24, 2.45) is 5.92 Å². The fraction of sp³-hybridized carbons (Fsp3) is 0.517. The van der Waals surface area contributed by atoms with Crippen LogP contribution in [0, 0.1) is 5.92 Å². The highest BCUT2D eigenvalue weighted by Crippen LogP contribution is 2.29. The molecule has 0 radical (unpaired) electrons. The molecule has 2 amide bonds. The van der Waals surface area contributed by atoms with Crippen molar-refractivity contribution < 1.29 is 33.3 Å². The van der Waals surface area contributed by atoms with Crippen LogP contribution in [0.4, 0.5) is 4.79 Å². The van der Waals surface area contributed by atoms with Crippen LogP contribution in [0.2, 0.25) is 0 Å². The van der Waals surface area contributed by atoms with E-state index in [4.69, 9.17) is 23.7 Å². The summed E-state index contributed by atoms with van der Waals surface area (Å²) in [5.74, 6) is 1.59. The van der Waals surface area contributed by atoms with Gasteiger partial charge >= 0.3 is 6.09 Å². The van der Waals surface area contributed by atoms with Gasteiger partial charge in [-0.3, -0.25) is 4.79 Å². The Bertz CT molecular complexity index is 1080. The first-order valence-electron chi connectivity index (χ1n) is 13.3. The van der Waals surface area contributed by atoms with Crippen molar-refractivity contribution in [2.75, 3.05) is 54.2 Å². The molecule has 0 saturated carbocycles. The fourth-order valence-electron chi connectivity index (χ4n) is 4.48. The van der Waals surface area contributed by atoms with E-state index in [1.165, 1.54) is 0 Å². The molecule has 1 fully saturated rings. The maximum absolute atomic E-state index is 13.6. The zero-order valence-corrected chi connectivity index (χ0v) is 23.5. The number of para-hydroxylation sites is 1. The number of nitrogens with zero attached hydrogens (tertiary/aromatic N) is 1. The van der Waals surface area contributed by atoms with E-state index in [0.717, 1.165) is 12.0 Å². The molecule has 2 aromatic carbocycles. The van der Waals surface area contributed by atoms with Gasteiger partial charge in [0.05, 0.1) is 20.8 Å². The normalized spacial score (nSPS) is 16.6. The lowest BCUT2D eigenvalue weighted by Gasteiger charge is -2.31. The molecule has 10 nitrogen and oxygen atoms in total. The number of ether oxygens (including phenoxy) is 5. The van der Waals surface area contributed by atoms with Gasteiger partial charge in [0.1, 0.15) is 11.9 Å². The number of hydrogen-bond donors (Lipinski definition) is 2. The van der Waals surface area contributed by atoms with E-state index in [2.05, 4.69) is 10.6 Å². The molecular weight excluding hydrogens is 502 g/mol. The van der Waals surface area contributed by atoms with Crippen LogP contribution < -0.4 is 24.8 Å². The molecule has 2 N–H and O–H groups in total. The highest BCUT2D eigenvalue weighted by Gasteiger charge is 2.34. The summed E-state index contributed by atoms with van der Waals surface area (Å²) in [6.45, 7) is 6.86. The van der Waals surface area contributed by atoms with E-state index in [1.54, 1.807) is 44.4 Å². The van der Waals surface area contributed by atoms with Gasteiger partial charge < -0.3 is 39.2 Å². The second-order valence-corrected chi connectivity index (χ2v) is 9.64. The molecule has 1 aliphatic heterocycles. The molecule has 1 saturated heterocycles. The van der Waals surface area contributed by atoms with E-state index in [-0.39, 0.29) is 30.5 Å². The minimum absolute atomic E-state index is 0.0589. The summed E-state index contributed by atoms with van der Waals surface area (Å²) in [5, 5.41) is 6.10. The quantitative estimate of drug-likeness (QED) is 0.349. The monoisotopic (exact) mass is 543 g/mol. The minimum Gasteiger partial charge on any atom is -0.496 e. The van der Waals surface area contributed by atoms with E-state index in [0.29, 0.717) is 55.7 Å². The Morgan fingerprint density at radius 2 is 1.77 bits per heavy atom. The van der Waals surface area contributed by atoms with Crippen LogP contribution in [-0.4, -0.2) is 83.2 Å². The summed E-state index contributed by atoms with van der Waals surface area (Å²) in [7, 11) is 4.81. The Labute approximate surface area is 230 Å². The molecule has 0 spiro atoms. The number of nitrogens with one attached hydrogen (secondary N) is 2. The third-order valence-corrected chi connectivity index (χ3v) is 6.63. The number of hydrogen-bond acceptors (Lipinski definition) is 8. The number of carbonyl (C=O) groups is 2. The largest absolute Gasteiger partial charge is 0.496 e. The second kappa shape index (κ2) is 15.2. The predicted molar refractivity (Wildman–Crippen MR) is 148 cm³/mol. The van der Waals surface area contributed by atoms with Gasteiger partial charge in [0.25, 0.3) is 5.91 Å². The maximum Gasteiger partial charge on any atom is 0.407 e. The average molecular weight is 544 g/mol. The smallest absolute Gasteiger partial charge is 0.407 e. The standard InChI is InChI=1S/C29H41N3O7/c1-20(2)32(28(33)21-11-12-25(37-5)26(15-21)38-14-8-13-35-3)19-23-16-30-18-27(23)39-29(34)31-17-22-9-6-7-10-24(22)36-4/h6-7,9-12,15,20,23,27,30H,8,13-14,16-19H2,1-5H3,(H,31,34)/t23-,27-/m1/s1. The SMILES string of the molecule is COCCCOc1cc(C(=O)N(C[C@H]2CNC[C@H]2OC(=O)NCc2ccccc2OC)C(C)C)ccc1OC. The predicted octanol–water partition coefficient (Wildman–Crippen LogP) is 3.48. The van der Waals surface area contributed by atoms with Crippen molar-refractivity contribution in [1.82, 2.24) is 15.5 Å². The number of methoxy groups -OCH3 is 3. The molecule has 2 aromatic rings. The van der Waals surface area contributed by atoms with Crippen molar-refractivity contribution in [3.05, 3.63) is 53.6 Å². The third-order valence-electron chi connectivity index (χ3n) is 6.63. The lowest BCUT2D eigenvalue weighted by molar-refractivity contribution is 0.0521. The van der Waals surface area contributed by atoms with Crippen LogP contribution in [0.15, 0.2) is 42.5 Å². The summed E-state index contributed by atoms with van der Waals surface area (Å²) in [6.07, 6.45) is -0.155. The fourth-order valence-corrected chi connectivity index (χ4v) is 4.48. The van der Waals surface area contributed by atoms with E-state index < -0.39 is 6.09 Å². The van der Waals surface area contributed by atoms with Crippen LogP contribution in [0.1, 0.15) is 36.2 Å². The van der Waals surface area contributed by atoms with Gasteiger partial charge in [0, 0.05) is 69.4 Å². The third kappa shape index (κ3) is 8.49. The highest BCUT2D eigenvalue weighted by atomic mass is 16.6. The molecule has 0 aromatic heterocycles. The number of carbonyl (C=O) groups excluding carboxylic acids is 2. The van der Waals surface area contributed by atoms with Crippen LogP contribution in [-0.2, 0) is 16.0 Å². The van der Waals surface area contributed by atoms with Crippen LogP contribution in [0.3, 0.4) is 0 Å². The van der Waals surface area contributed by atoms with Gasteiger partial charge in [0.2, 0.25) is 0 Å². The molecular formula is C29H41N3O7. The van der Waals surface area contributed by atoms with Gasteiger partial charge in [-0.1, -0.05) is 18.2 Å². The van der Waals surface area contributed by atoms with E-state index >= 15 is 0 Å². The maximum atomic E-state index is 13.6. The van der Waals surface area contributed by atoms with Gasteiger partial charge in [-0.2, -0.15) is 0 Å². The van der Waals surface area contributed by atoms with Crippen molar-refractivity contribution >= 4 is 12.0 Å². The Morgan fingerprint density at radius 3 is 2.49 bits per heavy atom.